The van der Waals surface area contributed by atoms with Crippen molar-refractivity contribution in [2.45, 2.75) is 77.2 Å². The second-order valence-electron chi connectivity index (χ2n) is 9.07. The van der Waals surface area contributed by atoms with E-state index in [1.165, 1.54) is 84.0 Å². The molecule has 0 saturated heterocycles. The Hall–Kier alpha value is -2.35. The van der Waals surface area contributed by atoms with Crippen molar-refractivity contribution in [3.8, 4) is 0 Å². The molecule has 2 aromatic carbocycles. The first kappa shape index (κ1) is 18.7. The summed E-state index contributed by atoms with van der Waals surface area (Å²) in [7, 11) is 0. The van der Waals surface area contributed by atoms with Gasteiger partial charge >= 0.3 is 0 Å². The predicted molar refractivity (Wildman–Crippen MR) is 123 cm³/mol. The van der Waals surface area contributed by atoms with Gasteiger partial charge in [0.2, 0.25) is 0 Å². The molecule has 1 fully saturated rings. The van der Waals surface area contributed by atoms with Crippen LogP contribution in [0.3, 0.4) is 0 Å². The van der Waals surface area contributed by atoms with Crippen LogP contribution in [0.2, 0.25) is 0 Å². The molecule has 2 aliphatic carbocycles. The molecule has 29 heavy (non-hydrogen) atoms. The Bertz CT molecular complexity index is 997. The highest BCUT2D eigenvalue weighted by Gasteiger charge is 2.20. The fraction of sp³-hybridized carbons (Fsp3) is 0.444. The lowest BCUT2D eigenvalue weighted by molar-refractivity contribution is 0.444. The molecule has 2 aliphatic rings. The molecule has 0 bridgehead atoms. The molecule has 0 spiro atoms. The molecule has 1 saturated carbocycles. The summed E-state index contributed by atoms with van der Waals surface area (Å²) >= 11 is 0. The Morgan fingerprint density at radius 3 is 2.52 bits per heavy atom. The topological polar surface area (TPSA) is 24.9 Å². The van der Waals surface area contributed by atoms with E-state index in [0.29, 0.717) is 0 Å². The number of hydrogen-bond acceptors (Lipinski definition) is 2. The van der Waals surface area contributed by atoms with Gasteiger partial charge in [0, 0.05) is 23.3 Å². The number of rotatable bonds is 4. The summed E-state index contributed by atoms with van der Waals surface area (Å²) in [6.45, 7) is 3.02. The molecule has 3 aromatic rings. The first-order chi connectivity index (χ1) is 14.3. The average Bonchev–Trinajstić information content (AvgIpc) is 2.78. The van der Waals surface area contributed by atoms with Gasteiger partial charge in [-0.25, -0.2) is 0 Å². The molecule has 0 unspecified atom stereocenters. The lowest BCUT2D eigenvalue weighted by atomic mass is 9.83. The summed E-state index contributed by atoms with van der Waals surface area (Å²) in [4.78, 5) is 5.09. The Labute approximate surface area is 174 Å². The predicted octanol–water partition coefficient (Wildman–Crippen LogP) is 7.08. The van der Waals surface area contributed by atoms with Crippen LogP contribution < -0.4 is 5.32 Å². The van der Waals surface area contributed by atoms with E-state index in [1.54, 1.807) is 0 Å². The maximum atomic E-state index is 5.09. The minimum Gasteiger partial charge on any atom is -0.380 e. The molecular weight excluding hydrogens is 352 g/mol. The maximum absolute atomic E-state index is 5.09. The van der Waals surface area contributed by atoms with Crippen molar-refractivity contribution in [1.82, 2.24) is 4.98 Å². The zero-order valence-corrected chi connectivity index (χ0v) is 17.6. The highest BCUT2D eigenvalue weighted by atomic mass is 14.9. The van der Waals surface area contributed by atoms with Crippen LogP contribution in [0.15, 0.2) is 42.5 Å². The molecule has 1 aromatic heterocycles. The van der Waals surface area contributed by atoms with Crippen molar-refractivity contribution in [3.05, 3.63) is 70.4 Å². The number of nitrogens with zero attached hydrogens (tertiary/aromatic N) is 1. The van der Waals surface area contributed by atoms with E-state index in [2.05, 4.69) is 54.7 Å². The van der Waals surface area contributed by atoms with Gasteiger partial charge in [-0.05, 0) is 80.2 Å². The Kier molecular flexibility index (Phi) is 5.26. The zero-order chi connectivity index (χ0) is 19.6. The molecule has 0 aliphatic heterocycles. The normalized spacial score (nSPS) is 17.3. The van der Waals surface area contributed by atoms with Crippen molar-refractivity contribution < 1.29 is 0 Å². The highest BCUT2D eigenvalue weighted by molar-refractivity contribution is 5.94. The molecule has 0 radical (unpaired) electrons. The van der Waals surface area contributed by atoms with Crippen LogP contribution in [-0.4, -0.2) is 4.98 Å². The Morgan fingerprint density at radius 1 is 0.897 bits per heavy atom. The lowest BCUT2D eigenvalue weighted by Crippen LogP contribution is -2.12. The quantitative estimate of drug-likeness (QED) is 0.520. The summed E-state index contributed by atoms with van der Waals surface area (Å²) in [5.41, 5.74) is 9.48. The van der Waals surface area contributed by atoms with Gasteiger partial charge in [0.25, 0.3) is 0 Å². The summed E-state index contributed by atoms with van der Waals surface area (Å²) in [5, 5.41) is 5.18. The van der Waals surface area contributed by atoms with Crippen LogP contribution >= 0.6 is 0 Å². The third-order valence-electron chi connectivity index (χ3n) is 6.95. The molecule has 150 valence electrons. The molecule has 2 heteroatoms. The molecule has 1 heterocycles. The maximum Gasteiger partial charge on any atom is 0.0726 e. The second kappa shape index (κ2) is 8.18. The number of aryl methyl sites for hydroxylation is 2. The van der Waals surface area contributed by atoms with Gasteiger partial charge in [-0.2, -0.15) is 0 Å². The van der Waals surface area contributed by atoms with Crippen molar-refractivity contribution in [3.63, 3.8) is 0 Å². The van der Waals surface area contributed by atoms with Gasteiger partial charge in [0.1, 0.15) is 0 Å². The number of nitrogens with one attached hydrogen (secondary N) is 1. The van der Waals surface area contributed by atoms with Crippen molar-refractivity contribution in [1.29, 1.82) is 0 Å². The molecule has 1 N–H and O–H groups in total. The molecular formula is C27H32N2. The van der Waals surface area contributed by atoms with E-state index in [9.17, 15) is 0 Å². The van der Waals surface area contributed by atoms with Crippen LogP contribution in [0.5, 0.6) is 0 Å². The number of anilines is 1. The van der Waals surface area contributed by atoms with Gasteiger partial charge in [-0.3, -0.25) is 4.98 Å². The molecule has 0 amide bonds. The molecule has 2 nitrogen and oxygen atoms in total. The molecule has 5 rings (SSSR count). The van der Waals surface area contributed by atoms with E-state index in [1.807, 2.05) is 0 Å². The van der Waals surface area contributed by atoms with Crippen LogP contribution in [0.4, 0.5) is 5.69 Å². The number of aromatic nitrogens is 1. The fourth-order valence-electron chi connectivity index (χ4n) is 5.23. The van der Waals surface area contributed by atoms with Gasteiger partial charge in [-0.1, -0.05) is 55.2 Å². The minimum atomic E-state index is 0.731. The summed E-state index contributed by atoms with van der Waals surface area (Å²) < 4.78 is 0. The number of benzene rings is 2. The van der Waals surface area contributed by atoms with E-state index >= 15 is 0 Å². The third kappa shape index (κ3) is 3.90. The Morgan fingerprint density at radius 2 is 1.69 bits per heavy atom. The van der Waals surface area contributed by atoms with Crippen molar-refractivity contribution in [2.24, 2.45) is 0 Å². The minimum absolute atomic E-state index is 0.731. The largest absolute Gasteiger partial charge is 0.380 e. The van der Waals surface area contributed by atoms with Gasteiger partial charge < -0.3 is 5.32 Å². The van der Waals surface area contributed by atoms with E-state index in [0.717, 1.165) is 30.8 Å². The van der Waals surface area contributed by atoms with Crippen LogP contribution in [0.25, 0.3) is 10.9 Å². The van der Waals surface area contributed by atoms with Crippen molar-refractivity contribution >= 4 is 16.6 Å². The zero-order valence-electron chi connectivity index (χ0n) is 17.6. The fourth-order valence-corrected chi connectivity index (χ4v) is 5.23. The molecule has 0 atom stereocenters. The summed E-state index contributed by atoms with van der Waals surface area (Å²) in [6, 6.07) is 16.0. The number of hydrogen-bond donors (Lipinski definition) is 1. The van der Waals surface area contributed by atoms with Crippen LogP contribution in [0.1, 0.15) is 78.8 Å². The second-order valence-corrected chi connectivity index (χ2v) is 9.07. The SMILES string of the molecule is Cc1ccc(CNc2c3c(nc4ccc(C5CCCCC5)cc24)CCCC3)cc1. The Balaban J connectivity index is 1.54. The summed E-state index contributed by atoms with van der Waals surface area (Å²) in [5.74, 6) is 0.731. The van der Waals surface area contributed by atoms with E-state index in [4.69, 9.17) is 4.98 Å². The summed E-state index contributed by atoms with van der Waals surface area (Å²) in [6.07, 6.45) is 11.7. The standard InChI is InChI=1S/C27H32N2/c1-19-11-13-20(14-12-19)18-28-27-23-9-5-6-10-25(23)29-26-16-15-22(17-24(26)27)21-7-3-2-4-8-21/h11-17,21H,2-10,18H2,1H3,(H,28,29). The van der Waals surface area contributed by atoms with Crippen molar-refractivity contribution in [2.75, 3.05) is 5.32 Å². The third-order valence-corrected chi connectivity index (χ3v) is 6.95. The van der Waals surface area contributed by atoms with Gasteiger partial charge in [0.05, 0.1) is 5.52 Å². The van der Waals surface area contributed by atoms with Crippen LogP contribution in [0, 0.1) is 6.92 Å². The number of fused-ring (bicyclic) bond motifs is 2. The lowest BCUT2D eigenvalue weighted by Gasteiger charge is -2.25. The van der Waals surface area contributed by atoms with E-state index < -0.39 is 0 Å². The number of pyridine rings is 1. The first-order valence-corrected chi connectivity index (χ1v) is 11.5. The smallest absolute Gasteiger partial charge is 0.0726 e. The van der Waals surface area contributed by atoms with E-state index in [-0.39, 0.29) is 0 Å². The van der Waals surface area contributed by atoms with Gasteiger partial charge in [-0.15, -0.1) is 0 Å². The van der Waals surface area contributed by atoms with Crippen LogP contribution in [-0.2, 0) is 19.4 Å². The van der Waals surface area contributed by atoms with Gasteiger partial charge in [0.15, 0.2) is 0 Å². The average molecular weight is 385 g/mol. The monoisotopic (exact) mass is 384 g/mol. The first-order valence-electron chi connectivity index (χ1n) is 11.5. The highest BCUT2D eigenvalue weighted by Crippen LogP contribution is 2.38.